The maximum atomic E-state index is 14.3. The standard InChI is InChI=1S/C36H45ClN6O/c37-31-13-11-28(12-14-31)23-33(41-32-15-17-35(24-38,18-16-32)29-7-3-1-4-8-29)34(44)42-21-19-36(20-22-42,25-43-27-39-26-40-43)30-9-5-2-6-10-30/h1,3-4,7-8,11-14,26-27,30,32-33,41H,2,5-6,9-10,15-23,25H2/t32-,33-,35-/m1/s1. The Morgan fingerprint density at radius 3 is 2.32 bits per heavy atom. The topological polar surface area (TPSA) is 86.8 Å². The summed E-state index contributed by atoms with van der Waals surface area (Å²) in [6.45, 7) is 2.44. The molecule has 1 atom stereocenters. The third-order valence-corrected chi connectivity index (χ3v) is 11.2. The monoisotopic (exact) mass is 612 g/mol. The number of piperidine rings is 1. The number of aromatic nitrogens is 3. The predicted octanol–water partition coefficient (Wildman–Crippen LogP) is 6.73. The highest BCUT2D eigenvalue weighted by Gasteiger charge is 2.44. The van der Waals surface area contributed by atoms with E-state index in [1.807, 2.05) is 53.5 Å². The molecule has 232 valence electrons. The summed E-state index contributed by atoms with van der Waals surface area (Å²) in [5, 5.41) is 19.2. The van der Waals surface area contributed by atoms with Crippen LogP contribution in [0.1, 0.15) is 81.8 Å². The van der Waals surface area contributed by atoms with E-state index in [-0.39, 0.29) is 23.4 Å². The quantitative estimate of drug-likeness (QED) is 0.290. The van der Waals surface area contributed by atoms with Crippen molar-refractivity contribution < 1.29 is 4.79 Å². The van der Waals surface area contributed by atoms with Gasteiger partial charge in [-0.1, -0.05) is 73.3 Å². The van der Waals surface area contributed by atoms with Crippen molar-refractivity contribution in [2.45, 2.75) is 101 Å². The number of amides is 1. The van der Waals surface area contributed by atoms with Crippen molar-refractivity contribution in [3.8, 4) is 6.07 Å². The first-order valence-electron chi connectivity index (χ1n) is 16.6. The first-order valence-corrected chi connectivity index (χ1v) is 16.9. The summed E-state index contributed by atoms with van der Waals surface area (Å²) in [4.78, 5) is 20.6. The zero-order valence-corrected chi connectivity index (χ0v) is 26.5. The summed E-state index contributed by atoms with van der Waals surface area (Å²) >= 11 is 6.19. The van der Waals surface area contributed by atoms with Crippen LogP contribution in [0, 0.1) is 22.7 Å². The Labute approximate surface area is 267 Å². The number of nitrogens with zero attached hydrogens (tertiary/aromatic N) is 5. The van der Waals surface area contributed by atoms with Crippen LogP contribution in [0.25, 0.3) is 0 Å². The molecule has 3 aromatic rings. The van der Waals surface area contributed by atoms with Gasteiger partial charge in [-0.05, 0) is 92.4 Å². The minimum atomic E-state index is -0.450. The van der Waals surface area contributed by atoms with Crippen LogP contribution >= 0.6 is 11.6 Å². The number of likely N-dealkylation sites (tertiary alicyclic amines) is 1. The molecule has 0 bridgehead atoms. The number of benzene rings is 2. The second-order valence-corrected chi connectivity index (χ2v) is 13.9. The van der Waals surface area contributed by atoms with Crippen LogP contribution in [0.5, 0.6) is 0 Å². The molecule has 1 amide bonds. The molecule has 0 unspecified atom stereocenters. The van der Waals surface area contributed by atoms with Gasteiger partial charge in [-0.2, -0.15) is 10.4 Å². The SMILES string of the molecule is N#C[C@]1(c2ccccc2)CC[C@H](N[C@H](Cc2ccc(Cl)cc2)C(=O)N2CCC(Cn3cncn3)(C3CCCCC3)CC2)CC1. The van der Waals surface area contributed by atoms with Gasteiger partial charge in [0.15, 0.2) is 0 Å². The molecule has 0 spiro atoms. The summed E-state index contributed by atoms with van der Waals surface area (Å²) in [6, 6.07) is 20.6. The second kappa shape index (κ2) is 13.8. The lowest BCUT2D eigenvalue weighted by molar-refractivity contribution is -0.137. The van der Waals surface area contributed by atoms with Gasteiger partial charge in [-0.15, -0.1) is 0 Å². The summed E-state index contributed by atoms with van der Waals surface area (Å²) in [5.74, 6) is 0.867. The molecular weight excluding hydrogens is 568 g/mol. The van der Waals surface area contributed by atoms with Crippen molar-refractivity contribution in [3.05, 3.63) is 83.4 Å². The van der Waals surface area contributed by atoms with E-state index in [9.17, 15) is 10.1 Å². The molecule has 1 aromatic heterocycles. The van der Waals surface area contributed by atoms with E-state index in [4.69, 9.17) is 11.6 Å². The number of halogens is 1. The van der Waals surface area contributed by atoms with Crippen LogP contribution in [-0.4, -0.2) is 50.7 Å². The van der Waals surface area contributed by atoms with E-state index in [0.717, 1.165) is 69.3 Å². The zero-order chi connectivity index (χ0) is 30.4. The number of hydrogen-bond donors (Lipinski definition) is 1. The van der Waals surface area contributed by atoms with Gasteiger partial charge in [0.05, 0.1) is 17.5 Å². The Bertz CT molecular complexity index is 1380. The summed E-state index contributed by atoms with van der Waals surface area (Å²) in [5.41, 5.74) is 1.92. The maximum Gasteiger partial charge on any atom is 0.240 e. The highest BCUT2D eigenvalue weighted by atomic mass is 35.5. The molecule has 0 radical (unpaired) electrons. The maximum absolute atomic E-state index is 14.3. The first-order chi connectivity index (χ1) is 21.5. The van der Waals surface area contributed by atoms with E-state index in [0.29, 0.717) is 17.4 Å². The highest BCUT2D eigenvalue weighted by Crippen LogP contribution is 2.47. The Morgan fingerprint density at radius 1 is 0.977 bits per heavy atom. The molecule has 2 aromatic carbocycles. The molecule has 3 fully saturated rings. The van der Waals surface area contributed by atoms with E-state index < -0.39 is 5.41 Å². The normalized spacial score (nSPS) is 24.8. The minimum Gasteiger partial charge on any atom is -0.341 e. The number of carbonyl (C=O) groups is 1. The predicted molar refractivity (Wildman–Crippen MR) is 173 cm³/mol. The summed E-state index contributed by atoms with van der Waals surface area (Å²) in [6.07, 6.45) is 15.9. The van der Waals surface area contributed by atoms with Gasteiger partial charge in [0.2, 0.25) is 5.91 Å². The molecule has 2 aliphatic carbocycles. The van der Waals surface area contributed by atoms with Gasteiger partial charge in [0.25, 0.3) is 0 Å². The third-order valence-electron chi connectivity index (χ3n) is 11.0. The molecule has 6 rings (SSSR count). The van der Waals surface area contributed by atoms with Gasteiger partial charge in [-0.3, -0.25) is 9.48 Å². The van der Waals surface area contributed by atoms with Gasteiger partial charge < -0.3 is 10.2 Å². The van der Waals surface area contributed by atoms with Crippen molar-refractivity contribution in [2.75, 3.05) is 13.1 Å². The van der Waals surface area contributed by atoms with Crippen LogP contribution in [0.4, 0.5) is 0 Å². The molecule has 2 heterocycles. The average molecular weight is 613 g/mol. The van der Waals surface area contributed by atoms with Crippen LogP contribution in [0.3, 0.4) is 0 Å². The lowest BCUT2D eigenvalue weighted by atomic mass is 9.63. The Hall–Kier alpha value is -3.21. The van der Waals surface area contributed by atoms with E-state index in [1.165, 1.54) is 32.1 Å². The highest BCUT2D eigenvalue weighted by molar-refractivity contribution is 6.30. The van der Waals surface area contributed by atoms with Crippen LogP contribution in [0.2, 0.25) is 5.02 Å². The van der Waals surface area contributed by atoms with E-state index >= 15 is 0 Å². The largest absolute Gasteiger partial charge is 0.341 e. The number of carbonyl (C=O) groups excluding carboxylic acids is 1. The van der Waals surface area contributed by atoms with Crippen molar-refractivity contribution in [1.82, 2.24) is 25.0 Å². The van der Waals surface area contributed by atoms with E-state index in [2.05, 4.69) is 38.5 Å². The average Bonchev–Trinajstić information content (AvgIpc) is 3.59. The lowest BCUT2D eigenvalue weighted by Crippen LogP contribution is -2.56. The van der Waals surface area contributed by atoms with Crippen LogP contribution < -0.4 is 5.32 Å². The van der Waals surface area contributed by atoms with Crippen LogP contribution in [0.15, 0.2) is 67.3 Å². The molecule has 1 saturated heterocycles. The second-order valence-electron chi connectivity index (χ2n) is 13.5. The Balaban J connectivity index is 1.15. The number of rotatable bonds is 9. The minimum absolute atomic E-state index is 0.158. The first kappa shape index (κ1) is 30.8. The third kappa shape index (κ3) is 6.87. The molecule has 44 heavy (non-hydrogen) atoms. The molecule has 2 saturated carbocycles. The molecule has 7 nitrogen and oxygen atoms in total. The fourth-order valence-electron chi connectivity index (χ4n) is 8.30. The number of nitrogens with one attached hydrogen (secondary N) is 1. The summed E-state index contributed by atoms with van der Waals surface area (Å²) in [7, 11) is 0. The van der Waals surface area contributed by atoms with Crippen LogP contribution in [-0.2, 0) is 23.2 Å². The number of nitriles is 1. The zero-order valence-electron chi connectivity index (χ0n) is 25.7. The van der Waals surface area contributed by atoms with Crippen molar-refractivity contribution in [3.63, 3.8) is 0 Å². The Morgan fingerprint density at radius 2 is 1.68 bits per heavy atom. The fraction of sp³-hybridized carbons (Fsp3) is 0.556. The molecule has 1 N–H and O–H groups in total. The van der Waals surface area contributed by atoms with Crippen molar-refractivity contribution in [2.24, 2.45) is 11.3 Å². The molecule has 1 aliphatic heterocycles. The van der Waals surface area contributed by atoms with E-state index in [1.54, 1.807) is 6.33 Å². The van der Waals surface area contributed by atoms with Gasteiger partial charge in [0, 0.05) is 30.7 Å². The number of hydrogen-bond acceptors (Lipinski definition) is 5. The summed E-state index contributed by atoms with van der Waals surface area (Å²) < 4.78 is 2.01. The van der Waals surface area contributed by atoms with Gasteiger partial charge in [0.1, 0.15) is 12.7 Å². The molecule has 3 aliphatic rings. The lowest BCUT2D eigenvalue weighted by Gasteiger charge is -2.48. The molecular formula is C36H45ClN6O. The van der Waals surface area contributed by atoms with Crippen molar-refractivity contribution >= 4 is 17.5 Å². The smallest absolute Gasteiger partial charge is 0.240 e. The van der Waals surface area contributed by atoms with Gasteiger partial charge >= 0.3 is 0 Å². The fourth-order valence-corrected chi connectivity index (χ4v) is 8.42. The van der Waals surface area contributed by atoms with Gasteiger partial charge in [-0.25, -0.2) is 4.98 Å². The Kier molecular flexibility index (Phi) is 9.68. The molecule has 8 heteroatoms. The van der Waals surface area contributed by atoms with Crippen molar-refractivity contribution in [1.29, 1.82) is 5.26 Å².